The molecule has 3 aromatic rings. The molecule has 1 aromatic heterocycles. The number of carbonyl (C=O) groups excluding carboxylic acids is 2. The van der Waals surface area contributed by atoms with Crippen LogP contribution in [0.1, 0.15) is 40.3 Å². The van der Waals surface area contributed by atoms with E-state index in [0.717, 1.165) is 16.5 Å². The Hall–Kier alpha value is -3.17. The molecule has 0 unspecified atom stereocenters. The summed E-state index contributed by atoms with van der Waals surface area (Å²) in [6, 6.07) is 13.2. The minimum atomic E-state index is -3.69. The number of fused-ring (bicyclic) bond motifs is 1. The quantitative estimate of drug-likeness (QED) is 0.524. The van der Waals surface area contributed by atoms with Gasteiger partial charge in [-0.25, -0.2) is 8.42 Å². The highest BCUT2D eigenvalue weighted by atomic mass is 32.2. The topological polar surface area (TPSA) is 111 Å². The lowest BCUT2D eigenvalue weighted by atomic mass is 10.2. The summed E-state index contributed by atoms with van der Waals surface area (Å²) in [6.45, 7) is 6.11. The highest BCUT2D eigenvalue weighted by Gasteiger charge is 2.22. The Morgan fingerprint density at radius 1 is 0.967 bits per heavy atom. The van der Waals surface area contributed by atoms with Crippen molar-refractivity contribution in [1.29, 1.82) is 0 Å². The molecule has 3 N–H and O–H groups in total. The monoisotopic (exact) mass is 428 g/mol. The molecule has 0 atom stereocenters. The molecular weight excluding hydrogens is 404 g/mol. The summed E-state index contributed by atoms with van der Waals surface area (Å²) >= 11 is 0. The predicted octanol–water partition coefficient (Wildman–Crippen LogP) is 2.58. The van der Waals surface area contributed by atoms with E-state index in [1.54, 1.807) is 19.9 Å². The zero-order valence-corrected chi connectivity index (χ0v) is 17.8. The van der Waals surface area contributed by atoms with Gasteiger partial charge in [-0.05, 0) is 43.3 Å². The van der Waals surface area contributed by atoms with Crippen molar-refractivity contribution < 1.29 is 18.0 Å². The van der Waals surface area contributed by atoms with Gasteiger partial charge in [0.2, 0.25) is 10.0 Å². The fourth-order valence-corrected chi connectivity index (χ4v) is 4.64. The van der Waals surface area contributed by atoms with Crippen LogP contribution < -0.4 is 10.9 Å². The van der Waals surface area contributed by atoms with E-state index in [0.29, 0.717) is 18.8 Å². The largest absolute Gasteiger partial charge is 0.350 e. The number of nitrogens with zero attached hydrogens (tertiary/aromatic N) is 1. The van der Waals surface area contributed by atoms with Crippen LogP contribution in [-0.2, 0) is 10.0 Å². The Morgan fingerprint density at radius 3 is 2.37 bits per heavy atom. The van der Waals surface area contributed by atoms with Crippen LogP contribution in [0.3, 0.4) is 0 Å². The van der Waals surface area contributed by atoms with Crippen molar-refractivity contribution in [2.75, 3.05) is 13.1 Å². The second kappa shape index (κ2) is 8.68. The van der Waals surface area contributed by atoms with Crippen molar-refractivity contribution in [2.24, 2.45) is 0 Å². The minimum Gasteiger partial charge on any atom is -0.350 e. The lowest BCUT2D eigenvalue weighted by Gasteiger charge is -2.18. The van der Waals surface area contributed by atoms with Gasteiger partial charge in [0, 0.05) is 29.6 Å². The van der Waals surface area contributed by atoms with Gasteiger partial charge < -0.3 is 4.98 Å². The number of H-pyrrole nitrogens is 1. The minimum absolute atomic E-state index is 0.0242. The number of sulfonamides is 1. The van der Waals surface area contributed by atoms with Gasteiger partial charge in [-0.3, -0.25) is 20.4 Å². The lowest BCUT2D eigenvalue weighted by molar-refractivity contribution is 0.0844. The standard InChI is InChI=1S/C21H24N4O4S/c1-4-25(5-2)30(28,29)17-8-6-7-15(12-17)20(26)23-24-21(27)19-13-16-11-14(3)9-10-18(16)22-19/h6-13,22H,4-5H2,1-3H3,(H,23,26)(H,24,27). The third-order valence-corrected chi connectivity index (χ3v) is 6.80. The smallest absolute Gasteiger partial charge is 0.286 e. The molecule has 0 saturated heterocycles. The maximum Gasteiger partial charge on any atom is 0.286 e. The summed E-state index contributed by atoms with van der Waals surface area (Å²) < 4.78 is 26.6. The molecule has 0 aliphatic rings. The predicted molar refractivity (Wildman–Crippen MR) is 115 cm³/mol. The normalized spacial score (nSPS) is 11.6. The van der Waals surface area contributed by atoms with Crippen LogP contribution in [-0.4, -0.2) is 42.6 Å². The first-order chi connectivity index (χ1) is 14.3. The van der Waals surface area contributed by atoms with Crippen LogP contribution in [0.15, 0.2) is 53.4 Å². The third-order valence-electron chi connectivity index (χ3n) is 4.75. The summed E-state index contributed by atoms with van der Waals surface area (Å²) in [5.41, 5.74) is 6.97. The number of hydrogen-bond donors (Lipinski definition) is 3. The maximum absolute atomic E-state index is 12.6. The molecule has 0 saturated carbocycles. The number of aromatic amines is 1. The third kappa shape index (κ3) is 4.37. The Kier molecular flexibility index (Phi) is 6.23. The molecule has 158 valence electrons. The van der Waals surface area contributed by atoms with Gasteiger partial charge in [0.05, 0.1) is 4.90 Å². The number of rotatable bonds is 6. The van der Waals surface area contributed by atoms with Crippen LogP contribution >= 0.6 is 0 Å². The highest BCUT2D eigenvalue weighted by molar-refractivity contribution is 7.89. The van der Waals surface area contributed by atoms with Gasteiger partial charge >= 0.3 is 0 Å². The zero-order chi connectivity index (χ0) is 21.9. The summed E-state index contributed by atoms with van der Waals surface area (Å²) in [4.78, 5) is 27.8. The van der Waals surface area contributed by atoms with Crippen LogP contribution in [0.5, 0.6) is 0 Å². The molecule has 0 fully saturated rings. The molecular formula is C21H24N4O4S. The van der Waals surface area contributed by atoms with Crippen molar-refractivity contribution in [3.8, 4) is 0 Å². The number of aryl methyl sites for hydroxylation is 1. The second-order valence-electron chi connectivity index (χ2n) is 6.80. The van der Waals surface area contributed by atoms with Crippen molar-refractivity contribution in [1.82, 2.24) is 20.1 Å². The first-order valence-electron chi connectivity index (χ1n) is 9.56. The van der Waals surface area contributed by atoms with Crippen molar-refractivity contribution in [2.45, 2.75) is 25.7 Å². The molecule has 0 bridgehead atoms. The molecule has 8 nitrogen and oxygen atoms in total. The Balaban J connectivity index is 1.72. The number of benzene rings is 2. The number of amides is 2. The van der Waals surface area contributed by atoms with Crippen LogP contribution in [0.2, 0.25) is 0 Å². The van der Waals surface area contributed by atoms with E-state index >= 15 is 0 Å². The van der Waals surface area contributed by atoms with Crippen molar-refractivity contribution in [3.63, 3.8) is 0 Å². The van der Waals surface area contributed by atoms with E-state index in [2.05, 4.69) is 15.8 Å². The maximum atomic E-state index is 12.6. The second-order valence-corrected chi connectivity index (χ2v) is 8.74. The van der Waals surface area contributed by atoms with Gasteiger partial charge in [0.1, 0.15) is 5.69 Å². The Morgan fingerprint density at radius 2 is 1.67 bits per heavy atom. The number of aromatic nitrogens is 1. The van der Waals surface area contributed by atoms with E-state index in [4.69, 9.17) is 0 Å². The summed E-state index contributed by atoms with van der Waals surface area (Å²) in [6.07, 6.45) is 0. The molecule has 0 aliphatic heterocycles. The van der Waals surface area contributed by atoms with Crippen LogP contribution in [0, 0.1) is 6.92 Å². The molecule has 0 aliphatic carbocycles. The summed E-state index contributed by atoms with van der Waals surface area (Å²) in [7, 11) is -3.69. The lowest BCUT2D eigenvalue weighted by Crippen LogP contribution is -2.41. The Labute approximate surface area is 175 Å². The zero-order valence-electron chi connectivity index (χ0n) is 17.0. The van der Waals surface area contributed by atoms with Crippen molar-refractivity contribution in [3.05, 3.63) is 65.4 Å². The number of hydrazine groups is 1. The summed E-state index contributed by atoms with van der Waals surface area (Å²) in [5, 5.41) is 0.890. The average molecular weight is 429 g/mol. The fraction of sp³-hybridized carbons (Fsp3) is 0.238. The number of hydrogen-bond acceptors (Lipinski definition) is 4. The molecule has 1 heterocycles. The summed E-state index contributed by atoms with van der Waals surface area (Å²) in [5.74, 6) is -1.13. The highest BCUT2D eigenvalue weighted by Crippen LogP contribution is 2.18. The van der Waals surface area contributed by atoms with E-state index in [1.807, 2.05) is 25.1 Å². The first-order valence-corrected chi connectivity index (χ1v) is 11.0. The molecule has 30 heavy (non-hydrogen) atoms. The Bertz CT molecular complexity index is 1200. The van der Waals surface area contributed by atoms with Gasteiger partial charge in [-0.1, -0.05) is 31.5 Å². The molecule has 2 aromatic carbocycles. The average Bonchev–Trinajstić information content (AvgIpc) is 3.15. The van der Waals surface area contributed by atoms with Gasteiger partial charge in [-0.15, -0.1) is 0 Å². The van der Waals surface area contributed by atoms with Crippen LogP contribution in [0.25, 0.3) is 10.9 Å². The number of carbonyl (C=O) groups is 2. The fourth-order valence-electron chi connectivity index (χ4n) is 3.14. The van der Waals surface area contributed by atoms with Gasteiger partial charge in [-0.2, -0.15) is 4.31 Å². The number of nitrogens with one attached hydrogen (secondary N) is 3. The van der Waals surface area contributed by atoms with E-state index < -0.39 is 21.8 Å². The van der Waals surface area contributed by atoms with E-state index in [1.165, 1.54) is 28.6 Å². The molecule has 3 rings (SSSR count). The molecule has 2 amide bonds. The molecule has 0 radical (unpaired) electrons. The van der Waals surface area contributed by atoms with E-state index in [-0.39, 0.29) is 10.5 Å². The van der Waals surface area contributed by atoms with Gasteiger partial charge in [0.15, 0.2) is 0 Å². The van der Waals surface area contributed by atoms with Gasteiger partial charge in [0.25, 0.3) is 11.8 Å². The van der Waals surface area contributed by atoms with Crippen LogP contribution in [0.4, 0.5) is 0 Å². The SMILES string of the molecule is CCN(CC)S(=O)(=O)c1cccc(C(=O)NNC(=O)c2cc3cc(C)ccc3[nH]2)c1. The molecule has 9 heteroatoms. The first kappa shape index (κ1) is 21.5. The van der Waals surface area contributed by atoms with Crippen molar-refractivity contribution >= 4 is 32.7 Å². The molecule has 0 spiro atoms. The van der Waals surface area contributed by atoms with E-state index in [9.17, 15) is 18.0 Å².